The lowest BCUT2D eigenvalue weighted by atomic mass is 10.1. The molecule has 7 heteroatoms. The highest BCUT2D eigenvalue weighted by atomic mass is 16.5. The fraction of sp³-hybridized carbons (Fsp3) is 0.476. The topological polar surface area (TPSA) is 70.6 Å². The van der Waals surface area contributed by atoms with Gasteiger partial charge in [0.25, 0.3) is 0 Å². The van der Waals surface area contributed by atoms with Gasteiger partial charge >= 0.3 is 0 Å². The van der Waals surface area contributed by atoms with Gasteiger partial charge in [0, 0.05) is 32.0 Å². The number of aromatic nitrogens is 2. The number of ether oxygens (including phenoxy) is 1. The predicted octanol–water partition coefficient (Wildman–Crippen LogP) is 2.22. The van der Waals surface area contributed by atoms with Crippen LogP contribution >= 0.6 is 0 Å². The first-order chi connectivity index (χ1) is 13.7. The number of methoxy groups -OCH3 is 1. The van der Waals surface area contributed by atoms with Gasteiger partial charge in [-0.1, -0.05) is 24.3 Å². The van der Waals surface area contributed by atoms with Crippen LogP contribution in [0.5, 0.6) is 0 Å². The van der Waals surface area contributed by atoms with Crippen molar-refractivity contribution in [2.24, 2.45) is 0 Å². The molecule has 1 aromatic heterocycles. The molecule has 0 radical (unpaired) electrons. The lowest BCUT2D eigenvalue weighted by Gasteiger charge is -2.19. The molecule has 1 N–H and O–H groups in total. The highest BCUT2D eigenvalue weighted by Crippen LogP contribution is 2.29. The smallest absolute Gasteiger partial charge is 0.233 e. The quantitative estimate of drug-likeness (QED) is 0.707. The molecule has 0 unspecified atom stereocenters. The fourth-order valence-corrected chi connectivity index (χ4v) is 3.85. The molecule has 0 bridgehead atoms. The third-order valence-corrected chi connectivity index (χ3v) is 5.27. The number of anilines is 2. The summed E-state index contributed by atoms with van der Waals surface area (Å²) < 4.78 is 5.05. The average Bonchev–Trinajstić information content (AvgIpc) is 3.31. The first kappa shape index (κ1) is 18.8. The molecular formula is C21H27N5O2. The van der Waals surface area contributed by atoms with Gasteiger partial charge < -0.3 is 10.1 Å². The van der Waals surface area contributed by atoms with E-state index < -0.39 is 0 Å². The molecule has 3 heterocycles. The summed E-state index contributed by atoms with van der Waals surface area (Å²) in [4.78, 5) is 25.7. The number of carbonyl (C=O) groups excluding carboxylic acids is 1. The molecular weight excluding hydrogens is 354 g/mol. The molecule has 2 aliphatic heterocycles. The van der Waals surface area contributed by atoms with Gasteiger partial charge in [-0.3, -0.25) is 14.6 Å². The van der Waals surface area contributed by atoms with E-state index in [1.54, 1.807) is 18.2 Å². The van der Waals surface area contributed by atoms with Crippen LogP contribution in [0.3, 0.4) is 0 Å². The van der Waals surface area contributed by atoms with Crippen molar-refractivity contribution in [3.05, 3.63) is 47.2 Å². The summed E-state index contributed by atoms with van der Waals surface area (Å²) in [7, 11) is 1.66. The maximum Gasteiger partial charge on any atom is 0.233 e. The maximum absolute atomic E-state index is 12.6. The van der Waals surface area contributed by atoms with E-state index in [2.05, 4.69) is 44.5 Å². The number of nitrogens with zero attached hydrogens (tertiary/aromatic N) is 4. The molecule has 7 nitrogen and oxygen atoms in total. The summed E-state index contributed by atoms with van der Waals surface area (Å²) in [5, 5.41) is 3.13. The largest absolute Gasteiger partial charge is 0.383 e. The summed E-state index contributed by atoms with van der Waals surface area (Å²) in [6.07, 6.45) is 4.69. The van der Waals surface area contributed by atoms with Gasteiger partial charge in [-0.15, -0.1) is 0 Å². The molecule has 2 aliphatic rings. The van der Waals surface area contributed by atoms with Gasteiger partial charge in [-0.2, -0.15) is 4.98 Å². The van der Waals surface area contributed by atoms with Crippen LogP contribution in [0.25, 0.3) is 0 Å². The zero-order valence-electron chi connectivity index (χ0n) is 16.4. The lowest BCUT2D eigenvalue weighted by molar-refractivity contribution is -0.117. The van der Waals surface area contributed by atoms with Crippen molar-refractivity contribution in [1.82, 2.24) is 14.9 Å². The van der Waals surface area contributed by atoms with Crippen molar-refractivity contribution >= 4 is 17.7 Å². The summed E-state index contributed by atoms with van der Waals surface area (Å²) in [6, 6.07) is 8.54. The summed E-state index contributed by atoms with van der Waals surface area (Å²) >= 11 is 0. The van der Waals surface area contributed by atoms with Crippen LogP contribution in [-0.2, 0) is 29.0 Å². The molecule has 1 amide bonds. The molecule has 0 atom stereocenters. The van der Waals surface area contributed by atoms with E-state index in [1.165, 1.54) is 31.5 Å². The van der Waals surface area contributed by atoms with Crippen LogP contribution in [0.1, 0.15) is 29.5 Å². The molecule has 0 aliphatic carbocycles. The minimum absolute atomic E-state index is 0.0725. The van der Waals surface area contributed by atoms with Gasteiger partial charge in [0.2, 0.25) is 11.9 Å². The highest BCUT2D eigenvalue weighted by Gasteiger charge is 2.29. The van der Waals surface area contributed by atoms with Crippen molar-refractivity contribution in [3.63, 3.8) is 0 Å². The van der Waals surface area contributed by atoms with Crippen LogP contribution in [-0.4, -0.2) is 54.1 Å². The van der Waals surface area contributed by atoms with E-state index in [0.717, 1.165) is 17.7 Å². The summed E-state index contributed by atoms with van der Waals surface area (Å²) in [6.45, 7) is 5.08. The van der Waals surface area contributed by atoms with Crippen molar-refractivity contribution in [2.45, 2.75) is 32.4 Å². The second-order valence-corrected chi connectivity index (χ2v) is 7.42. The molecule has 1 saturated heterocycles. The average molecular weight is 381 g/mol. The minimum Gasteiger partial charge on any atom is -0.383 e. The number of rotatable bonds is 8. The Morgan fingerprint density at radius 2 is 1.96 bits per heavy atom. The Kier molecular flexibility index (Phi) is 5.83. The number of nitrogens with one attached hydrogen (secondary N) is 1. The summed E-state index contributed by atoms with van der Waals surface area (Å²) in [5.74, 6) is 1.31. The Balaban J connectivity index is 1.48. The first-order valence-corrected chi connectivity index (χ1v) is 9.92. The molecule has 1 aromatic carbocycles. The van der Waals surface area contributed by atoms with Gasteiger partial charge in [0.1, 0.15) is 5.82 Å². The molecule has 2 aromatic rings. The number of likely N-dealkylation sites (tertiary alicyclic amines) is 1. The SMILES string of the molecule is COCCNc1ncc2c(n1)N(Cc1cccc(CN3CCCC3)c1)C(=O)C2. The molecule has 0 saturated carbocycles. The van der Waals surface area contributed by atoms with Crippen LogP contribution < -0.4 is 10.2 Å². The van der Waals surface area contributed by atoms with Crippen LogP contribution in [0.2, 0.25) is 0 Å². The normalized spacial score (nSPS) is 16.6. The van der Waals surface area contributed by atoms with E-state index in [4.69, 9.17) is 4.74 Å². The van der Waals surface area contributed by atoms with Gasteiger partial charge in [-0.25, -0.2) is 4.98 Å². The number of fused-ring (bicyclic) bond motifs is 1. The number of amides is 1. The van der Waals surface area contributed by atoms with Crippen LogP contribution in [0, 0.1) is 0 Å². The van der Waals surface area contributed by atoms with Crippen molar-refractivity contribution in [2.75, 3.05) is 43.6 Å². The third kappa shape index (κ3) is 4.31. The fourth-order valence-electron chi connectivity index (χ4n) is 3.85. The van der Waals surface area contributed by atoms with Crippen LogP contribution in [0.15, 0.2) is 30.5 Å². The predicted molar refractivity (Wildman–Crippen MR) is 108 cm³/mol. The van der Waals surface area contributed by atoms with Gasteiger partial charge in [-0.05, 0) is 37.1 Å². The first-order valence-electron chi connectivity index (χ1n) is 9.92. The van der Waals surface area contributed by atoms with E-state index in [-0.39, 0.29) is 5.91 Å². The van der Waals surface area contributed by atoms with E-state index in [1.807, 2.05) is 0 Å². The van der Waals surface area contributed by atoms with E-state index >= 15 is 0 Å². The van der Waals surface area contributed by atoms with Crippen molar-refractivity contribution in [1.29, 1.82) is 0 Å². The third-order valence-electron chi connectivity index (χ3n) is 5.27. The molecule has 0 spiro atoms. The molecule has 1 fully saturated rings. The molecule has 148 valence electrons. The Morgan fingerprint density at radius 1 is 1.18 bits per heavy atom. The second kappa shape index (κ2) is 8.67. The molecule has 28 heavy (non-hydrogen) atoms. The number of hydrogen-bond acceptors (Lipinski definition) is 6. The zero-order chi connectivity index (χ0) is 19.3. The standard InChI is InChI=1S/C21H27N5O2/c1-28-10-7-22-21-23-13-18-12-19(27)26(20(18)24-21)15-17-6-4-5-16(11-17)14-25-8-2-3-9-25/h4-6,11,13H,2-3,7-10,12,14-15H2,1H3,(H,22,23,24). The van der Waals surface area contributed by atoms with Crippen LogP contribution in [0.4, 0.5) is 11.8 Å². The maximum atomic E-state index is 12.6. The van der Waals surface area contributed by atoms with Crippen molar-refractivity contribution in [3.8, 4) is 0 Å². The number of benzene rings is 1. The number of hydrogen-bond donors (Lipinski definition) is 1. The monoisotopic (exact) mass is 381 g/mol. The lowest BCUT2D eigenvalue weighted by Crippen LogP contribution is -2.27. The van der Waals surface area contributed by atoms with Gasteiger partial charge in [0.05, 0.1) is 19.6 Å². The Morgan fingerprint density at radius 3 is 2.75 bits per heavy atom. The van der Waals surface area contributed by atoms with Gasteiger partial charge in [0.15, 0.2) is 0 Å². The highest BCUT2D eigenvalue weighted by molar-refractivity contribution is 6.00. The Hall–Kier alpha value is -2.51. The zero-order valence-corrected chi connectivity index (χ0v) is 16.4. The van der Waals surface area contributed by atoms with E-state index in [0.29, 0.717) is 37.9 Å². The minimum atomic E-state index is 0.0725. The Labute approximate surface area is 165 Å². The Bertz CT molecular complexity index is 835. The number of carbonyl (C=O) groups is 1. The van der Waals surface area contributed by atoms with E-state index in [9.17, 15) is 4.79 Å². The molecule has 4 rings (SSSR count). The second-order valence-electron chi connectivity index (χ2n) is 7.42. The van der Waals surface area contributed by atoms with Crippen molar-refractivity contribution < 1.29 is 9.53 Å². The summed E-state index contributed by atoms with van der Waals surface area (Å²) in [5.41, 5.74) is 3.32.